The second-order valence-corrected chi connectivity index (χ2v) is 6.55. The Morgan fingerprint density at radius 3 is 2.45 bits per heavy atom. The lowest BCUT2D eigenvalue weighted by molar-refractivity contribution is 0.423. The maximum absolute atomic E-state index is 4.75. The number of pyridine rings is 1. The van der Waals surface area contributed by atoms with Gasteiger partial charge in [0.05, 0.1) is 0 Å². The molecular weight excluding hydrogens is 246 g/mol. The summed E-state index contributed by atoms with van der Waals surface area (Å²) in [4.78, 5) is 7.00. The first-order valence-corrected chi connectivity index (χ1v) is 7.33. The van der Waals surface area contributed by atoms with Crippen LogP contribution in [0.2, 0.25) is 0 Å². The van der Waals surface area contributed by atoms with Crippen molar-refractivity contribution in [1.29, 1.82) is 0 Å². The summed E-state index contributed by atoms with van der Waals surface area (Å²) in [6, 6.07) is 4.70. The molecule has 0 spiro atoms. The quantitative estimate of drug-likeness (QED) is 0.803. The molecular formula is C17H29N3. The number of aryl methyl sites for hydroxylation is 1. The number of hydrogen-bond acceptors (Lipinski definition) is 3. The molecule has 0 radical (unpaired) electrons. The molecule has 0 aliphatic heterocycles. The minimum atomic E-state index is 0.123. The maximum atomic E-state index is 4.75. The Labute approximate surface area is 124 Å². The van der Waals surface area contributed by atoms with E-state index >= 15 is 0 Å². The van der Waals surface area contributed by atoms with Gasteiger partial charge in [0.2, 0.25) is 0 Å². The van der Waals surface area contributed by atoms with Gasteiger partial charge in [-0.3, -0.25) is 0 Å². The van der Waals surface area contributed by atoms with Crippen molar-refractivity contribution in [2.75, 3.05) is 11.4 Å². The van der Waals surface area contributed by atoms with Crippen molar-refractivity contribution in [3.8, 4) is 0 Å². The molecule has 0 aliphatic carbocycles. The largest absolute Gasteiger partial charge is 0.350 e. The van der Waals surface area contributed by atoms with Crippen molar-refractivity contribution in [3.63, 3.8) is 0 Å². The molecule has 1 aromatic rings. The fourth-order valence-corrected chi connectivity index (χ4v) is 1.99. The van der Waals surface area contributed by atoms with E-state index < -0.39 is 0 Å². The Balaban J connectivity index is 2.88. The predicted octanol–water partition coefficient (Wildman–Crippen LogP) is 3.68. The number of rotatable bonds is 6. The minimum absolute atomic E-state index is 0.123. The highest BCUT2D eigenvalue weighted by molar-refractivity contribution is 5.43. The molecule has 1 heterocycles. The minimum Gasteiger partial charge on any atom is -0.350 e. The molecule has 0 saturated carbocycles. The van der Waals surface area contributed by atoms with Crippen molar-refractivity contribution >= 4 is 5.82 Å². The molecule has 20 heavy (non-hydrogen) atoms. The summed E-state index contributed by atoms with van der Waals surface area (Å²) in [6.07, 6.45) is 1.92. The van der Waals surface area contributed by atoms with Crippen LogP contribution in [-0.2, 0) is 6.54 Å². The van der Waals surface area contributed by atoms with E-state index in [0.717, 1.165) is 24.6 Å². The molecule has 0 bridgehead atoms. The van der Waals surface area contributed by atoms with E-state index in [1.165, 1.54) is 5.56 Å². The van der Waals surface area contributed by atoms with Crippen LogP contribution in [0.15, 0.2) is 24.8 Å². The van der Waals surface area contributed by atoms with Gasteiger partial charge in [0, 0.05) is 30.4 Å². The maximum Gasteiger partial charge on any atom is 0.129 e. The Morgan fingerprint density at radius 2 is 2.00 bits per heavy atom. The fraction of sp³-hybridized carbons (Fsp3) is 0.588. The first-order valence-electron chi connectivity index (χ1n) is 7.33. The molecule has 3 nitrogen and oxygen atoms in total. The van der Waals surface area contributed by atoms with E-state index in [1.807, 2.05) is 6.08 Å². The fourth-order valence-electron chi connectivity index (χ4n) is 1.99. The lowest BCUT2D eigenvalue weighted by atomic mass is 10.1. The third-order valence-corrected chi connectivity index (χ3v) is 3.23. The zero-order valence-corrected chi connectivity index (χ0v) is 13.8. The molecule has 0 aliphatic rings. The number of aromatic nitrogens is 1. The molecule has 1 N–H and O–H groups in total. The summed E-state index contributed by atoms with van der Waals surface area (Å²) >= 11 is 0. The van der Waals surface area contributed by atoms with Gasteiger partial charge in [0.15, 0.2) is 0 Å². The van der Waals surface area contributed by atoms with Crippen LogP contribution in [0, 0.1) is 6.92 Å². The summed E-state index contributed by atoms with van der Waals surface area (Å²) in [5.74, 6) is 1.02. The van der Waals surface area contributed by atoms with Gasteiger partial charge in [0.1, 0.15) is 5.82 Å². The summed E-state index contributed by atoms with van der Waals surface area (Å²) in [5, 5.41) is 3.51. The van der Waals surface area contributed by atoms with E-state index in [2.05, 4.69) is 70.5 Å². The van der Waals surface area contributed by atoms with Crippen molar-refractivity contribution in [2.24, 2.45) is 0 Å². The summed E-state index contributed by atoms with van der Waals surface area (Å²) in [5.41, 5.74) is 2.47. The van der Waals surface area contributed by atoms with Crippen molar-refractivity contribution < 1.29 is 0 Å². The van der Waals surface area contributed by atoms with E-state index in [0.29, 0.717) is 6.04 Å². The second kappa shape index (κ2) is 6.89. The molecule has 1 rings (SSSR count). The topological polar surface area (TPSA) is 28.2 Å². The highest BCUT2D eigenvalue weighted by Crippen LogP contribution is 2.17. The number of hydrogen-bond donors (Lipinski definition) is 1. The lowest BCUT2D eigenvalue weighted by Crippen LogP contribution is -2.35. The average Bonchev–Trinajstić information content (AvgIpc) is 2.33. The van der Waals surface area contributed by atoms with Gasteiger partial charge < -0.3 is 10.2 Å². The van der Waals surface area contributed by atoms with Gasteiger partial charge in [-0.05, 0) is 53.2 Å². The molecule has 0 unspecified atom stereocenters. The van der Waals surface area contributed by atoms with Crippen LogP contribution in [0.3, 0.4) is 0 Å². The third kappa shape index (κ3) is 4.97. The van der Waals surface area contributed by atoms with Crippen LogP contribution < -0.4 is 10.2 Å². The van der Waals surface area contributed by atoms with E-state index in [1.54, 1.807) is 0 Å². The predicted molar refractivity (Wildman–Crippen MR) is 88.2 cm³/mol. The summed E-state index contributed by atoms with van der Waals surface area (Å²) in [7, 11) is 0. The van der Waals surface area contributed by atoms with E-state index in [-0.39, 0.29) is 5.54 Å². The Hall–Kier alpha value is -1.35. The van der Waals surface area contributed by atoms with E-state index in [9.17, 15) is 0 Å². The number of nitrogens with zero attached hydrogens (tertiary/aromatic N) is 2. The molecule has 0 saturated heterocycles. The molecule has 0 amide bonds. The van der Waals surface area contributed by atoms with Crippen LogP contribution in [0.4, 0.5) is 5.82 Å². The Bertz CT molecular complexity index is 444. The van der Waals surface area contributed by atoms with Crippen LogP contribution in [0.25, 0.3) is 0 Å². The zero-order valence-electron chi connectivity index (χ0n) is 13.8. The van der Waals surface area contributed by atoms with E-state index in [4.69, 9.17) is 4.98 Å². The van der Waals surface area contributed by atoms with Gasteiger partial charge in [0.25, 0.3) is 0 Å². The molecule has 0 atom stereocenters. The third-order valence-electron chi connectivity index (χ3n) is 3.23. The molecule has 1 aromatic heterocycles. The number of nitrogens with one attached hydrogen (secondary N) is 1. The van der Waals surface area contributed by atoms with Gasteiger partial charge in [-0.15, -0.1) is 6.58 Å². The van der Waals surface area contributed by atoms with Gasteiger partial charge >= 0.3 is 0 Å². The van der Waals surface area contributed by atoms with Crippen LogP contribution >= 0.6 is 0 Å². The van der Waals surface area contributed by atoms with Gasteiger partial charge in [-0.1, -0.05) is 12.1 Å². The molecule has 112 valence electrons. The van der Waals surface area contributed by atoms with Gasteiger partial charge in [-0.25, -0.2) is 4.98 Å². The number of anilines is 1. The standard InChI is InChI=1S/C17H29N3/c1-8-11-20(13(2)3)16-10-9-15(14(4)19-16)12-18-17(5,6)7/h8-10,13,18H,1,11-12H2,2-7H3. The first-order chi connectivity index (χ1) is 9.24. The van der Waals surface area contributed by atoms with Crippen LogP contribution in [0.5, 0.6) is 0 Å². The Morgan fingerprint density at radius 1 is 1.35 bits per heavy atom. The van der Waals surface area contributed by atoms with Crippen molar-refractivity contribution in [2.45, 2.75) is 59.7 Å². The normalized spacial score (nSPS) is 11.8. The zero-order chi connectivity index (χ0) is 15.3. The van der Waals surface area contributed by atoms with Crippen LogP contribution in [-0.4, -0.2) is 23.1 Å². The summed E-state index contributed by atoms with van der Waals surface area (Å²) < 4.78 is 0. The Kier molecular flexibility index (Phi) is 5.75. The first kappa shape index (κ1) is 16.7. The molecule has 0 fully saturated rings. The molecule has 3 heteroatoms. The lowest BCUT2D eigenvalue weighted by Gasteiger charge is -2.27. The monoisotopic (exact) mass is 275 g/mol. The van der Waals surface area contributed by atoms with Gasteiger partial charge in [-0.2, -0.15) is 0 Å². The molecule has 0 aromatic carbocycles. The average molecular weight is 275 g/mol. The highest BCUT2D eigenvalue weighted by atomic mass is 15.2. The van der Waals surface area contributed by atoms with Crippen LogP contribution in [0.1, 0.15) is 45.9 Å². The highest BCUT2D eigenvalue weighted by Gasteiger charge is 2.13. The smallest absolute Gasteiger partial charge is 0.129 e. The summed E-state index contributed by atoms with van der Waals surface area (Å²) in [6.45, 7) is 18.5. The second-order valence-electron chi connectivity index (χ2n) is 6.55. The van der Waals surface area contributed by atoms with Crippen molar-refractivity contribution in [1.82, 2.24) is 10.3 Å². The SMILES string of the molecule is C=CCN(c1ccc(CNC(C)(C)C)c(C)n1)C(C)C. The van der Waals surface area contributed by atoms with Crippen molar-refractivity contribution in [3.05, 3.63) is 36.0 Å².